The van der Waals surface area contributed by atoms with E-state index < -0.39 is 0 Å². The van der Waals surface area contributed by atoms with E-state index in [9.17, 15) is 4.79 Å². The van der Waals surface area contributed by atoms with Gasteiger partial charge >= 0.3 is 0 Å². The second-order valence-electron chi connectivity index (χ2n) is 5.93. The summed E-state index contributed by atoms with van der Waals surface area (Å²) in [7, 11) is 0. The van der Waals surface area contributed by atoms with Crippen LogP contribution in [0.15, 0.2) is 30.3 Å². The minimum absolute atomic E-state index is 0.186. The van der Waals surface area contributed by atoms with Gasteiger partial charge in [-0.05, 0) is 37.1 Å². The van der Waals surface area contributed by atoms with Gasteiger partial charge in [0.15, 0.2) is 0 Å². The van der Waals surface area contributed by atoms with E-state index in [4.69, 9.17) is 16.3 Å². The van der Waals surface area contributed by atoms with Gasteiger partial charge < -0.3 is 15.0 Å². The summed E-state index contributed by atoms with van der Waals surface area (Å²) in [6.07, 6.45) is 0.739. The van der Waals surface area contributed by atoms with Gasteiger partial charge in [-0.25, -0.2) is 9.97 Å². The fraction of sp³-hybridized carbons (Fsp3) is 0.389. The van der Waals surface area contributed by atoms with Gasteiger partial charge in [0.2, 0.25) is 5.95 Å². The third kappa shape index (κ3) is 4.90. The topological polar surface area (TPSA) is 67.4 Å². The molecular formula is C18H21ClN4O2. The van der Waals surface area contributed by atoms with Crippen molar-refractivity contribution in [2.75, 3.05) is 37.7 Å². The molecule has 0 saturated carbocycles. The normalized spacial score (nSPS) is 14.4. The van der Waals surface area contributed by atoms with E-state index in [1.54, 1.807) is 6.07 Å². The molecule has 1 aliphatic rings. The molecule has 132 valence electrons. The van der Waals surface area contributed by atoms with Gasteiger partial charge in [-0.15, -0.1) is 0 Å². The number of halogens is 1. The molecular weight excluding hydrogens is 340 g/mol. The maximum Gasteiger partial charge on any atom is 0.270 e. The number of carbonyl (C=O) groups is 1. The second-order valence-corrected chi connectivity index (χ2v) is 6.36. The molecule has 2 aromatic rings. The van der Waals surface area contributed by atoms with Crippen molar-refractivity contribution in [3.8, 4) is 0 Å². The molecule has 0 radical (unpaired) electrons. The first-order valence-corrected chi connectivity index (χ1v) is 8.70. The van der Waals surface area contributed by atoms with Gasteiger partial charge in [-0.2, -0.15) is 0 Å². The van der Waals surface area contributed by atoms with Crippen LogP contribution in [0.4, 0.5) is 5.95 Å². The van der Waals surface area contributed by atoms with E-state index in [1.165, 1.54) is 0 Å². The van der Waals surface area contributed by atoms with Crippen LogP contribution in [0, 0.1) is 6.92 Å². The molecule has 0 bridgehead atoms. The van der Waals surface area contributed by atoms with E-state index in [-0.39, 0.29) is 5.91 Å². The van der Waals surface area contributed by atoms with Crippen molar-refractivity contribution in [1.29, 1.82) is 0 Å². The number of aryl methyl sites for hydroxylation is 1. The van der Waals surface area contributed by atoms with Crippen molar-refractivity contribution in [3.05, 3.63) is 52.3 Å². The Hall–Kier alpha value is -2.18. The highest BCUT2D eigenvalue weighted by molar-refractivity contribution is 6.30. The van der Waals surface area contributed by atoms with E-state index in [0.29, 0.717) is 36.4 Å². The van der Waals surface area contributed by atoms with Crippen LogP contribution in [0.25, 0.3) is 0 Å². The fourth-order valence-corrected chi connectivity index (χ4v) is 2.76. The zero-order valence-corrected chi connectivity index (χ0v) is 14.9. The Labute approximate surface area is 152 Å². The average molecular weight is 361 g/mol. The predicted octanol–water partition coefficient (Wildman–Crippen LogP) is 2.25. The lowest BCUT2D eigenvalue weighted by Gasteiger charge is -2.27. The van der Waals surface area contributed by atoms with Gasteiger partial charge in [0.1, 0.15) is 5.69 Å². The first-order valence-electron chi connectivity index (χ1n) is 8.33. The van der Waals surface area contributed by atoms with E-state index >= 15 is 0 Å². The molecule has 1 amide bonds. The number of benzene rings is 1. The number of carbonyl (C=O) groups excluding carboxylic acids is 1. The van der Waals surface area contributed by atoms with Gasteiger partial charge in [0.25, 0.3) is 5.91 Å². The SMILES string of the molecule is Cc1cc(C(=O)NCCc2ccc(Cl)cc2)nc(N2CCOCC2)n1. The highest BCUT2D eigenvalue weighted by atomic mass is 35.5. The number of morpholine rings is 1. The highest BCUT2D eigenvalue weighted by Gasteiger charge is 2.17. The number of anilines is 1. The van der Waals surface area contributed by atoms with Crippen LogP contribution in [-0.2, 0) is 11.2 Å². The standard InChI is InChI=1S/C18H21ClN4O2/c1-13-12-16(22-18(21-13)23-8-10-25-11-9-23)17(24)20-7-6-14-2-4-15(19)5-3-14/h2-5,12H,6-11H2,1H3,(H,20,24). The predicted molar refractivity (Wildman–Crippen MR) is 97.3 cm³/mol. The van der Waals surface area contributed by atoms with Crippen molar-refractivity contribution in [2.24, 2.45) is 0 Å². The summed E-state index contributed by atoms with van der Waals surface area (Å²) in [5.41, 5.74) is 2.29. The third-order valence-corrected chi connectivity index (χ3v) is 4.23. The Morgan fingerprint density at radius 1 is 1.24 bits per heavy atom. The van der Waals surface area contributed by atoms with Gasteiger partial charge in [-0.1, -0.05) is 23.7 Å². The van der Waals surface area contributed by atoms with Crippen LogP contribution < -0.4 is 10.2 Å². The maximum atomic E-state index is 12.4. The van der Waals surface area contributed by atoms with Crippen LogP contribution in [0.3, 0.4) is 0 Å². The molecule has 1 saturated heterocycles. The van der Waals surface area contributed by atoms with Crippen LogP contribution >= 0.6 is 11.6 Å². The first kappa shape index (κ1) is 17.6. The smallest absolute Gasteiger partial charge is 0.270 e. The van der Waals surface area contributed by atoms with Crippen LogP contribution in [-0.4, -0.2) is 48.7 Å². The molecule has 1 aromatic carbocycles. The Bertz CT molecular complexity index is 730. The van der Waals surface area contributed by atoms with Crippen LogP contribution in [0.5, 0.6) is 0 Å². The number of aromatic nitrogens is 2. The van der Waals surface area contributed by atoms with E-state index in [1.807, 2.05) is 36.1 Å². The molecule has 0 spiro atoms. The summed E-state index contributed by atoms with van der Waals surface area (Å²) >= 11 is 5.87. The number of rotatable bonds is 5. The van der Waals surface area contributed by atoms with Crippen molar-refractivity contribution < 1.29 is 9.53 Å². The lowest BCUT2D eigenvalue weighted by Crippen LogP contribution is -2.38. The quantitative estimate of drug-likeness (QED) is 0.885. The van der Waals surface area contributed by atoms with Crippen LogP contribution in [0.2, 0.25) is 5.02 Å². The summed E-state index contributed by atoms with van der Waals surface area (Å²) < 4.78 is 5.35. The molecule has 7 heteroatoms. The Morgan fingerprint density at radius 3 is 2.68 bits per heavy atom. The summed E-state index contributed by atoms with van der Waals surface area (Å²) in [6.45, 7) is 5.19. The number of ether oxygens (including phenoxy) is 1. The average Bonchev–Trinajstić information content (AvgIpc) is 2.63. The number of nitrogens with one attached hydrogen (secondary N) is 1. The monoisotopic (exact) mass is 360 g/mol. The number of hydrogen-bond donors (Lipinski definition) is 1. The Kier molecular flexibility index (Phi) is 5.83. The molecule has 25 heavy (non-hydrogen) atoms. The van der Waals surface area contributed by atoms with Gasteiger partial charge in [-0.3, -0.25) is 4.79 Å². The fourth-order valence-electron chi connectivity index (χ4n) is 2.64. The van der Waals surface area contributed by atoms with Crippen molar-refractivity contribution in [1.82, 2.24) is 15.3 Å². The molecule has 0 aliphatic carbocycles. The largest absolute Gasteiger partial charge is 0.378 e. The minimum atomic E-state index is -0.186. The first-order chi connectivity index (χ1) is 12.1. The second kappa shape index (κ2) is 8.27. The van der Waals surface area contributed by atoms with Gasteiger partial charge in [0.05, 0.1) is 13.2 Å². The number of nitrogens with zero attached hydrogens (tertiary/aromatic N) is 3. The van der Waals surface area contributed by atoms with Crippen molar-refractivity contribution in [2.45, 2.75) is 13.3 Å². The van der Waals surface area contributed by atoms with Crippen LogP contribution in [0.1, 0.15) is 21.7 Å². The maximum absolute atomic E-state index is 12.4. The summed E-state index contributed by atoms with van der Waals surface area (Å²) in [6, 6.07) is 9.32. The summed E-state index contributed by atoms with van der Waals surface area (Å²) in [5.74, 6) is 0.403. The lowest BCUT2D eigenvalue weighted by molar-refractivity contribution is 0.0948. The Balaban J connectivity index is 1.61. The molecule has 0 unspecified atom stereocenters. The highest BCUT2D eigenvalue weighted by Crippen LogP contribution is 2.13. The third-order valence-electron chi connectivity index (χ3n) is 3.98. The zero-order chi connectivity index (χ0) is 17.6. The summed E-state index contributed by atoms with van der Waals surface area (Å²) in [5, 5.41) is 3.62. The molecule has 1 aliphatic heterocycles. The molecule has 2 heterocycles. The Morgan fingerprint density at radius 2 is 1.96 bits per heavy atom. The number of hydrogen-bond acceptors (Lipinski definition) is 5. The van der Waals surface area contributed by atoms with Crippen molar-refractivity contribution in [3.63, 3.8) is 0 Å². The minimum Gasteiger partial charge on any atom is -0.378 e. The molecule has 1 fully saturated rings. The van der Waals surface area contributed by atoms with E-state index in [0.717, 1.165) is 30.8 Å². The molecule has 1 N–H and O–H groups in total. The number of amides is 1. The lowest BCUT2D eigenvalue weighted by atomic mass is 10.1. The van der Waals surface area contributed by atoms with Crippen molar-refractivity contribution >= 4 is 23.5 Å². The molecule has 6 nitrogen and oxygen atoms in total. The summed E-state index contributed by atoms with van der Waals surface area (Å²) in [4.78, 5) is 23.3. The molecule has 3 rings (SSSR count). The molecule has 0 atom stereocenters. The molecule has 1 aromatic heterocycles. The van der Waals surface area contributed by atoms with Gasteiger partial charge in [0, 0.05) is 30.4 Å². The zero-order valence-electron chi connectivity index (χ0n) is 14.2. The van der Waals surface area contributed by atoms with E-state index in [2.05, 4.69) is 15.3 Å².